The minimum Gasteiger partial charge on any atom is -0.454 e. The number of hydrogen-bond donors (Lipinski definition) is 2. The first kappa shape index (κ1) is 13.8. The summed E-state index contributed by atoms with van der Waals surface area (Å²) in [6, 6.07) is 5.91. The number of rotatable bonds is 7. The average Bonchev–Trinajstić information content (AvgIpc) is 3.13. The van der Waals surface area contributed by atoms with Gasteiger partial charge in [0.25, 0.3) is 0 Å². The summed E-state index contributed by atoms with van der Waals surface area (Å²) in [5.41, 5.74) is 2.01. The van der Waals surface area contributed by atoms with Gasteiger partial charge in [-0.2, -0.15) is 0 Å². The van der Waals surface area contributed by atoms with Crippen LogP contribution in [0.4, 0.5) is 0 Å². The molecule has 0 bridgehead atoms. The van der Waals surface area contributed by atoms with E-state index in [1.807, 2.05) is 24.4 Å². The first-order chi connectivity index (χ1) is 10.3. The highest BCUT2D eigenvalue weighted by Gasteiger charge is 2.12. The van der Waals surface area contributed by atoms with Crippen molar-refractivity contribution in [1.29, 1.82) is 0 Å². The van der Waals surface area contributed by atoms with Crippen LogP contribution < -0.4 is 14.8 Å². The quantitative estimate of drug-likeness (QED) is 0.780. The van der Waals surface area contributed by atoms with Crippen molar-refractivity contribution in [2.24, 2.45) is 0 Å². The van der Waals surface area contributed by atoms with Crippen LogP contribution in [-0.2, 0) is 19.6 Å². The predicted molar refractivity (Wildman–Crippen MR) is 74.8 cm³/mol. The van der Waals surface area contributed by atoms with Crippen LogP contribution in [0.2, 0.25) is 0 Å². The van der Waals surface area contributed by atoms with Crippen molar-refractivity contribution >= 4 is 0 Å². The monoisotopic (exact) mass is 290 g/mol. The van der Waals surface area contributed by atoms with Crippen molar-refractivity contribution in [2.75, 3.05) is 13.4 Å². The van der Waals surface area contributed by atoms with E-state index in [1.54, 1.807) is 4.68 Å². The van der Waals surface area contributed by atoms with Crippen LogP contribution in [0, 0.1) is 0 Å². The fourth-order valence-corrected chi connectivity index (χ4v) is 2.15. The second-order valence-corrected chi connectivity index (χ2v) is 4.84. The number of nitrogens with one attached hydrogen (secondary N) is 1. The molecule has 2 heterocycles. The van der Waals surface area contributed by atoms with E-state index in [-0.39, 0.29) is 6.61 Å². The Kier molecular flexibility index (Phi) is 4.32. The molecule has 0 radical (unpaired) electrons. The number of ether oxygens (including phenoxy) is 2. The van der Waals surface area contributed by atoms with Gasteiger partial charge in [-0.05, 0) is 24.1 Å². The lowest BCUT2D eigenvalue weighted by molar-refractivity contribution is 0.174. The maximum absolute atomic E-state index is 8.78. The molecule has 3 rings (SSSR count). The highest BCUT2D eigenvalue weighted by Crippen LogP contribution is 2.32. The Morgan fingerprint density at radius 1 is 1.24 bits per heavy atom. The first-order valence-electron chi connectivity index (χ1n) is 6.94. The molecular formula is C14H18N4O3. The van der Waals surface area contributed by atoms with Crippen molar-refractivity contribution in [3.63, 3.8) is 0 Å². The van der Waals surface area contributed by atoms with Crippen LogP contribution in [0.15, 0.2) is 24.4 Å². The number of aliphatic hydroxyl groups is 1. The standard InChI is InChI=1S/C14H18N4O3/c19-5-1-4-18-9-12(16-17-18)8-15-7-11-2-3-13-14(6-11)21-10-20-13/h2-3,6,9,15,19H,1,4-5,7-8,10H2. The van der Waals surface area contributed by atoms with E-state index in [2.05, 4.69) is 15.6 Å². The second kappa shape index (κ2) is 6.55. The average molecular weight is 290 g/mol. The van der Waals surface area contributed by atoms with Gasteiger partial charge in [0.05, 0.1) is 5.69 Å². The molecule has 0 saturated heterocycles. The van der Waals surface area contributed by atoms with Crippen LogP contribution in [0.3, 0.4) is 0 Å². The number of nitrogens with zero attached hydrogens (tertiary/aromatic N) is 3. The lowest BCUT2D eigenvalue weighted by Crippen LogP contribution is -2.12. The smallest absolute Gasteiger partial charge is 0.231 e. The van der Waals surface area contributed by atoms with Crippen molar-refractivity contribution in [2.45, 2.75) is 26.1 Å². The van der Waals surface area contributed by atoms with Gasteiger partial charge in [0, 0.05) is 32.4 Å². The highest BCUT2D eigenvalue weighted by atomic mass is 16.7. The van der Waals surface area contributed by atoms with E-state index in [0.717, 1.165) is 29.3 Å². The molecule has 0 amide bonds. The van der Waals surface area contributed by atoms with Gasteiger partial charge < -0.3 is 19.9 Å². The number of benzene rings is 1. The molecule has 7 heteroatoms. The molecule has 0 aliphatic carbocycles. The summed E-state index contributed by atoms with van der Waals surface area (Å²) in [6.07, 6.45) is 2.58. The van der Waals surface area contributed by atoms with E-state index in [0.29, 0.717) is 26.3 Å². The Labute approximate surface area is 122 Å². The maximum atomic E-state index is 8.78. The molecule has 0 unspecified atom stereocenters. The Balaban J connectivity index is 1.48. The van der Waals surface area contributed by atoms with Crippen LogP contribution >= 0.6 is 0 Å². The lowest BCUT2D eigenvalue weighted by Gasteiger charge is -2.04. The minimum absolute atomic E-state index is 0.164. The summed E-state index contributed by atoms with van der Waals surface area (Å²) < 4.78 is 12.4. The van der Waals surface area contributed by atoms with Crippen LogP contribution in [0.1, 0.15) is 17.7 Å². The molecule has 0 saturated carbocycles. The third-order valence-electron chi connectivity index (χ3n) is 3.20. The Hall–Kier alpha value is -2.12. The summed E-state index contributed by atoms with van der Waals surface area (Å²) in [5, 5.41) is 20.2. The number of aliphatic hydroxyl groups excluding tert-OH is 1. The zero-order valence-corrected chi connectivity index (χ0v) is 11.7. The minimum atomic E-state index is 0.164. The maximum Gasteiger partial charge on any atom is 0.231 e. The number of fused-ring (bicyclic) bond motifs is 1. The molecule has 2 aromatic rings. The van der Waals surface area contributed by atoms with Gasteiger partial charge in [-0.1, -0.05) is 11.3 Å². The van der Waals surface area contributed by atoms with Crippen molar-refractivity contribution in [1.82, 2.24) is 20.3 Å². The van der Waals surface area contributed by atoms with E-state index < -0.39 is 0 Å². The predicted octanol–water partition coefficient (Wildman–Crippen LogP) is 0.679. The normalized spacial score (nSPS) is 12.8. The van der Waals surface area contributed by atoms with E-state index in [9.17, 15) is 0 Å². The molecule has 0 atom stereocenters. The van der Waals surface area contributed by atoms with Crippen molar-refractivity contribution in [3.05, 3.63) is 35.7 Å². The number of aromatic nitrogens is 3. The largest absolute Gasteiger partial charge is 0.454 e. The summed E-state index contributed by atoms with van der Waals surface area (Å²) in [5.74, 6) is 1.59. The van der Waals surface area contributed by atoms with E-state index in [1.165, 1.54) is 0 Å². The fourth-order valence-electron chi connectivity index (χ4n) is 2.15. The fraction of sp³-hybridized carbons (Fsp3) is 0.429. The summed E-state index contributed by atoms with van der Waals surface area (Å²) in [6.45, 7) is 2.51. The van der Waals surface area contributed by atoms with Crippen molar-refractivity contribution in [3.8, 4) is 11.5 Å². The molecule has 7 nitrogen and oxygen atoms in total. The SMILES string of the molecule is OCCCn1cc(CNCc2ccc3c(c2)OCO3)nn1. The lowest BCUT2D eigenvalue weighted by atomic mass is 10.2. The molecular weight excluding hydrogens is 272 g/mol. The second-order valence-electron chi connectivity index (χ2n) is 4.84. The molecule has 1 aliphatic rings. The number of aryl methyl sites for hydroxylation is 1. The highest BCUT2D eigenvalue weighted by molar-refractivity contribution is 5.44. The topological polar surface area (TPSA) is 81.4 Å². The van der Waals surface area contributed by atoms with Gasteiger partial charge in [-0.3, -0.25) is 4.68 Å². The van der Waals surface area contributed by atoms with Gasteiger partial charge in [0.1, 0.15) is 0 Å². The summed E-state index contributed by atoms with van der Waals surface area (Å²) >= 11 is 0. The summed E-state index contributed by atoms with van der Waals surface area (Å²) in [4.78, 5) is 0. The van der Waals surface area contributed by atoms with E-state index >= 15 is 0 Å². The van der Waals surface area contributed by atoms with Gasteiger partial charge in [0.15, 0.2) is 11.5 Å². The van der Waals surface area contributed by atoms with Gasteiger partial charge >= 0.3 is 0 Å². The molecule has 0 spiro atoms. The van der Waals surface area contributed by atoms with Gasteiger partial charge in [-0.15, -0.1) is 5.10 Å². The van der Waals surface area contributed by atoms with Gasteiger partial charge in [0.2, 0.25) is 6.79 Å². The van der Waals surface area contributed by atoms with Crippen molar-refractivity contribution < 1.29 is 14.6 Å². The third-order valence-corrected chi connectivity index (χ3v) is 3.20. The third kappa shape index (κ3) is 3.50. The van der Waals surface area contributed by atoms with Crippen LogP contribution in [0.25, 0.3) is 0 Å². The Morgan fingerprint density at radius 2 is 2.14 bits per heavy atom. The molecule has 2 N–H and O–H groups in total. The summed E-state index contributed by atoms with van der Waals surface area (Å²) in [7, 11) is 0. The van der Waals surface area contributed by atoms with E-state index in [4.69, 9.17) is 14.6 Å². The Bertz CT molecular complexity index is 600. The molecule has 21 heavy (non-hydrogen) atoms. The van der Waals surface area contributed by atoms with Crippen LogP contribution in [0.5, 0.6) is 11.5 Å². The molecule has 1 aliphatic heterocycles. The number of hydrogen-bond acceptors (Lipinski definition) is 6. The molecule has 1 aromatic heterocycles. The molecule has 112 valence electrons. The Morgan fingerprint density at radius 3 is 3.05 bits per heavy atom. The molecule has 1 aromatic carbocycles. The zero-order chi connectivity index (χ0) is 14.5. The van der Waals surface area contributed by atoms with Gasteiger partial charge in [-0.25, -0.2) is 0 Å². The first-order valence-corrected chi connectivity index (χ1v) is 6.94. The van der Waals surface area contributed by atoms with Crippen LogP contribution in [-0.4, -0.2) is 33.5 Å². The zero-order valence-electron chi connectivity index (χ0n) is 11.7. The molecule has 0 fully saturated rings.